The summed E-state index contributed by atoms with van der Waals surface area (Å²) < 4.78 is 0. The van der Waals surface area contributed by atoms with Crippen molar-refractivity contribution in [3.63, 3.8) is 0 Å². The van der Waals surface area contributed by atoms with Crippen LogP contribution in [0.15, 0.2) is 24.3 Å². The van der Waals surface area contributed by atoms with Crippen LogP contribution >= 0.6 is 11.6 Å². The molecule has 0 saturated heterocycles. The molecule has 2 rings (SSSR count). The van der Waals surface area contributed by atoms with Gasteiger partial charge in [0.2, 0.25) is 0 Å². The highest BCUT2D eigenvalue weighted by Gasteiger charge is 2.35. The van der Waals surface area contributed by atoms with Crippen LogP contribution in [0.4, 0.5) is 0 Å². The van der Waals surface area contributed by atoms with Crippen molar-refractivity contribution in [3.05, 3.63) is 35.4 Å². The average molecular weight is 223 g/mol. The molecular formula is C14H19Cl. The van der Waals surface area contributed by atoms with Crippen molar-refractivity contribution in [1.29, 1.82) is 0 Å². The summed E-state index contributed by atoms with van der Waals surface area (Å²) in [7, 11) is 0. The van der Waals surface area contributed by atoms with Crippen LogP contribution in [0.3, 0.4) is 0 Å². The third-order valence-electron chi connectivity index (χ3n) is 3.71. The number of aryl methyl sites for hydroxylation is 1. The predicted molar refractivity (Wildman–Crippen MR) is 66.7 cm³/mol. The summed E-state index contributed by atoms with van der Waals surface area (Å²) in [5, 5.41) is 0.375. The molecule has 1 aromatic rings. The van der Waals surface area contributed by atoms with Crippen LogP contribution in [-0.2, 0) is 11.8 Å². The third-order valence-corrected chi connectivity index (χ3v) is 4.09. The Balaban J connectivity index is 2.28. The van der Waals surface area contributed by atoms with Crippen molar-refractivity contribution in [2.45, 2.75) is 50.3 Å². The molecule has 0 amide bonds. The number of hydrogen-bond donors (Lipinski definition) is 0. The van der Waals surface area contributed by atoms with E-state index in [0.717, 1.165) is 19.3 Å². The zero-order valence-corrected chi connectivity index (χ0v) is 10.3. The monoisotopic (exact) mass is 222 g/mol. The zero-order chi connectivity index (χ0) is 10.9. The van der Waals surface area contributed by atoms with Crippen LogP contribution in [0.1, 0.15) is 44.2 Å². The SMILES string of the molecule is CCc1cccc(C2(C)CCC(Cl)C2)c1. The quantitative estimate of drug-likeness (QED) is 0.655. The van der Waals surface area contributed by atoms with Crippen molar-refractivity contribution in [1.82, 2.24) is 0 Å². The van der Waals surface area contributed by atoms with E-state index >= 15 is 0 Å². The van der Waals surface area contributed by atoms with E-state index in [1.54, 1.807) is 0 Å². The first-order valence-corrected chi connectivity index (χ1v) is 6.31. The van der Waals surface area contributed by atoms with Gasteiger partial charge in [-0.2, -0.15) is 0 Å². The Labute approximate surface area is 97.6 Å². The summed E-state index contributed by atoms with van der Waals surface area (Å²) in [5.41, 5.74) is 3.23. The standard InChI is InChI=1S/C14H19Cl/c1-3-11-5-4-6-12(9-11)14(2)8-7-13(15)10-14/h4-6,9,13H,3,7-8,10H2,1-2H3. The molecule has 1 saturated carbocycles. The molecule has 1 heteroatoms. The molecule has 2 atom stereocenters. The summed E-state index contributed by atoms with van der Waals surface area (Å²) in [4.78, 5) is 0. The second kappa shape index (κ2) is 4.17. The van der Waals surface area contributed by atoms with Crippen molar-refractivity contribution >= 4 is 11.6 Å². The first kappa shape index (κ1) is 11.0. The minimum atomic E-state index is 0.317. The maximum Gasteiger partial charge on any atom is 0.0344 e. The second-order valence-electron chi connectivity index (χ2n) is 4.95. The van der Waals surface area contributed by atoms with Gasteiger partial charge < -0.3 is 0 Å². The van der Waals surface area contributed by atoms with Crippen molar-refractivity contribution < 1.29 is 0 Å². The van der Waals surface area contributed by atoms with E-state index in [1.807, 2.05) is 0 Å². The molecule has 15 heavy (non-hydrogen) atoms. The van der Waals surface area contributed by atoms with Gasteiger partial charge in [-0.05, 0) is 42.2 Å². The Bertz CT molecular complexity index is 345. The predicted octanol–water partition coefficient (Wildman–Crippen LogP) is 4.30. The van der Waals surface area contributed by atoms with Gasteiger partial charge in [0, 0.05) is 5.38 Å². The smallest absolute Gasteiger partial charge is 0.0344 e. The van der Waals surface area contributed by atoms with E-state index in [-0.39, 0.29) is 0 Å². The molecule has 0 bridgehead atoms. The highest BCUT2D eigenvalue weighted by molar-refractivity contribution is 6.20. The van der Waals surface area contributed by atoms with E-state index in [4.69, 9.17) is 11.6 Å². The molecule has 82 valence electrons. The van der Waals surface area contributed by atoms with Crippen LogP contribution in [0.25, 0.3) is 0 Å². The van der Waals surface area contributed by atoms with Gasteiger partial charge in [0.15, 0.2) is 0 Å². The van der Waals surface area contributed by atoms with E-state index in [0.29, 0.717) is 10.8 Å². The van der Waals surface area contributed by atoms with Crippen LogP contribution in [-0.4, -0.2) is 5.38 Å². The topological polar surface area (TPSA) is 0 Å². The molecule has 0 N–H and O–H groups in total. The third kappa shape index (κ3) is 2.20. The first-order chi connectivity index (χ1) is 7.14. The lowest BCUT2D eigenvalue weighted by Gasteiger charge is -2.24. The Morgan fingerprint density at radius 1 is 1.47 bits per heavy atom. The van der Waals surface area contributed by atoms with Gasteiger partial charge in [0.05, 0.1) is 0 Å². The Morgan fingerprint density at radius 2 is 2.27 bits per heavy atom. The van der Waals surface area contributed by atoms with Gasteiger partial charge in [-0.1, -0.05) is 38.1 Å². The first-order valence-electron chi connectivity index (χ1n) is 5.87. The van der Waals surface area contributed by atoms with Crippen molar-refractivity contribution in [3.8, 4) is 0 Å². The zero-order valence-electron chi connectivity index (χ0n) is 9.59. The van der Waals surface area contributed by atoms with E-state index in [1.165, 1.54) is 17.5 Å². The molecule has 0 radical (unpaired) electrons. The summed E-state index contributed by atoms with van der Waals surface area (Å²) in [6, 6.07) is 9.00. The van der Waals surface area contributed by atoms with Crippen molar-refractivity contribution in [2.24, 2.45) is 0 Å². The van der Waals surface area contributed by atoms with Crippen LogP contribution < -0.4 is 0 Å². The van der Waals surface area contributed by atoms with Crippen LogP contribution in [0.2, 0.25) is 0 Å². The van der Waals surface area contributed by atoms with Gasteiger partial charge in [0.1, 0.15) is 0 Å². The van der Waals surface area contributed by atoms with Gasteiger partial charge >= 0.3 is 0 Å². The normalized spacial score (nSPS) is 30.7. The summed E-state index contributed by atoms with van der Waals surface area (Å²) in [6.07, 6.45) is 4.64. The lowest BCUT2D eigenvalue weighted by atomic mass is 9.80. The lowest BCUT2D eigenvalue weighted by molar-refractivity contribution is 0.491. The summed E-state index contributed by atoms with van der Waals surface area (Å²) >= 11 is 6.22. The number of halogens is 1. The minimum Gasteiger partial charge on any atom is -0.123 e. The Morgan fingerprint density at radius 3 is 2.87 bits per heavy atom. The average Bonchev–Trinajstić information content (AvgIpc) is 2.60. The second-order valence-corrected chi connectivity index (χ2v) is 5.57. The molecule has 1 aliphatic carbocycles. The van der Waals surface area contributed by atoms with Gasteiger partial charge in [-0.25, -0.2) is 0 Å². The molecule has 0 aliphatic heterocycles. The maximum atomic E-state index is 6.22. The van der Waals surface area contributed by atoms with Crippen molar-refractivity contribution in [2.75, 3.05) is 0 Å². The van der Waals surface area contributed by atoms with Gasteiger partial charge in [-0.3, -0.25) is 0 Å². The van der Waals surface area contributed by atoms with Crippen LogP contribution in [0.5, 0.6) is 0 Å². The highest BCUT2D eigenvalue weighted by atomic mass is 35.5. The molecule has 1 fully saturated rings. The molecular weight excluding hydrogens is 204 g/mol. The highest BCUT2D eigenvalue weighted by Crippen LogP contribution is 2.42. The van der Waals surface area contributed by atoms with Gasteiger partial charge in [0.25, 0.3) is 0 Å². The fourth-order valence-corrected chi connectivity index (χ4v) is 3.05. The van der Waals surface area contributed by atoms with E-state index in [2.05, 4.69) is 38.1 Å². The molecule has 1 aromatic carbocycles. The minimum absolute atomic E-state index is 0.317. The number of benzene rings is 1. The molecule has 0 aromatic heterocycles. The van der Waals surface area contributed by atoms with E-state index in [9.17, 15) is 0 Å². The molecule has 0 heterocycles. The molecule has 2 unspecified atom stereocenters. The van der Waals surface area contributed by atoms with Crippen LogP contribution in [0, 0.1) is 0 Å². The van der Waals surface area contributed by atoms with Gasteiger partial charge in [-0.15, -0.1) is 11.6 Å². The Kier molecular flexibility index (Phi) is 3.06. The molecule has 0 spiro atoms. The number of rotatable bonds is 2. The lowest BCUT2D eigenvalue weighted by Crippen LogP contribution is -2.18. The molecule has 1 aliphatic rings. The van der Waals surface area contributed by atoms with E-state index < -0.39 is 0 Å². The molecule has 0 nitrogen and oxygen atoms in total. The largest absolute Gasteiger partial charge is 0.123 e. The fourth-order valence-electron chi connectivity index (χ4n) is 2.60. The number of alkyl halides is 1. The summed E-state index contributed by atoms with van der Waals surface area (Å²) in [5.74, 6) is 0. The number of hydrogen-bond acceptors (Lipinski definition) is 0. The summed E-state index contributed by atoms with van der Waals surface area (Å²) in [6.45, 7) is 4.56. The fraction of sp³-hybridized carbons (Fsp3) is 0.571. The Hall–Kier alpha value is -0.490. The maximum absolute atomic E-state index is 6.22.